The van der Waals surface area contributed by atoms with E-state index in [0.29, 0.717) is 11.0 Å². The number of hydrogen-bond acceptors (Lipinski definition) is 3. The third-order valence-corrected chi connectivity index (χ3v) is 2.57. The zero-order valence-electron chi connectivity index (χ0n) is 9.96. The standard InChI is InChI=1S/C13H11N3O3/c1-2-5-14-12(17)7-16-8-15-10-6-9(13(18)19)3-4-11(10)16/h1,3-4,6,8H,5,7H2,(H,14,17)(H,18,19). The van der Waals surface area contributed by atoms with E-state index in [1.165, 1.54) is 18.5 Å². The normalized spacial score (nSPS) is 10.1. The first-order valence-corrected chi connectivity index (χ1v) is 5.50. The van der Waals surface area contributed by atoms with Gasteiger partial charge >= 0.3 is 5.97 Å². The minimum Gasteiger partial charge on any atom is -0.478 e. The summed E-state index contributed by atoms with van der Waals surface area (Å²) < 4.78 is 1.63. The highest BCUT2D eigenvalue weighted by molar-refractivity contribution is 5.92. The number of carbonyl (C=O) groups is 2. The van der Waals surface area contributed by atoms with Gasteiger partial charge in [-0.15, -0.1) is 6.42 Å². The smallest absolute Gasteiger partial charge is 0.335 e. The summed E-state index contributed by atoms with van der Waals surface area (Å²) in [6, 6.07) is 4.57. The molecular formula is C13H11N3O3. The quantitative estimate of drug-likeness (QED) is 0.780. The average molecular weight is 257 g/mol. The van der Waals surface area contributed by atoms with E-state index in [-0.39, 0.29) is 24.6 Å². The molecule has 2 N–H and O–H groups in total. The van der Waals surface area contributed by atoms with E-state index < -0.39 is 5.97 Å². The summed E-state index contributed by atoms with van der Waals surface area (Å²) >= 11 is 0. The fourth-order valence-corrected chi connectivity index (χ4v) is 1.68. The van der Waals surface area contributed by atoms with E-state index in [1.807, 2.05) is 0 Å². The largest absolute Gasteiger partial charge is 0.478 e. The third kappa shape index (κ3) is 2.72. The summed E-state index contributed by atoms with van der Waals surface area (Å²) in [6.45, 7) is 0.263. The first-order valence-electron chi connectivity index (χ1n) is 5.50. The minimum atomic E-state index is -1.01. The number of carbonyl (C=O) groups excluding carboxylic acids is 1. The lowest BCUT2D eigenvalue weighted by atomic mass is 10.2. The predicted octanol–water partition coefficient (Wildman–Crippen LogP) is 0.484. The Morgan fingerprint density at radius 2 is 2.26 bits per heavy atom. The van der Waals surface area contributed by atoms with Crippen LogP contribution in [0, 0.1) is 12.3 Å². The molecule has 0 atom stereocenters. The number of fused-ring (bicyclic) bond motifs is 1. The number of benzene rings is 1. The highest BCUT2D eigenvalue weighted by Gasteiger charge is 2.09. The van der Waals surface area contributed by atoms with Gasteiger partial charge in [0.1, 0.15) is 6.54 Å². The maximum Gasteiger partial charge on any atom is 0.335 e. The van der Waals surface area contributed by atoms with Crippen molar-refractivity contribution in [3.63, 3.8) is 0 Å². The highest BCUT2D eigenvalue weighted by atomic mass is 16.4. The lowest BCUT2D eigenvalue weighted by Gasteiger charge is -2.04. The fourth-order valence-electron chi connectivity index (χ4n) is 1.68. The molecule has 6 nitrogen and oxygen atoms in total. The molecule has 1 heterocycles. The molecule has 0 bridgehead atoms. The molecule has 0 aliphatic heterocycles. The maximum absolute atomic E-state index is 11.5. The topological polar surface area (TPSA) is 84.2 Å². The van der Waals surface area contributed by atoms with E-state index in [9.17, 15) is 9.59 Å². The van der Waals surface area contributed by atoms with Crippen molar-refractivity contribution in [1.29, 1.82) is 0 Å². The van der Waals surface area contributed by atoms with Crippen LogP contribution in [0.15, 0.2) is 24.5 Å². The molecule has 6 heteroatoms. The van der Waals surface area contributed by atoms with Crippen LogP contribution in [0.1, 0.15) is 10.4 Å². The number of nitrogens with zero attached hydrogens (tertiary/aromatic N) is 2. The number of amides is 1. The van der Waals surface area contributed by atoms with Gasteiger partial charge in [0.25, 0.3) is 0 Å². The lowest BCUT2D eigenvalue weighted by molar-refractivity contribution is -0.121. The zero-order valence-corrected chi connectivity index (χ0v) is 9.96. The zero-order chi connectivity index (χ0) is 13.8. The Bertz CT molecular complexity index is 682. The predicted molar refractivity (Wildman–Crippen MR) is 68.5 cm³/mol. The van der Waals surface area contributed by atoms with Crippen LogP contribution in [0.3, 0.4) is 0 Å². The van der Waals surface area contributed by atoms with Gasteiger partial charge in [-0.2, -0.15) is 0 Å². The number of carboxylic acids is 1. The van der Waals surface area contributed by atoms with Crippen LogP contribution < -0.4 is 5.32 Å². The van der Waals surface area contributed by atoms with Crippen LogP contribution in [0.5, 0.6) is 0 Å². The van der Waals surface area contributed by atoms with Gasteiger partial charge in [-0.3, -0.25) is 4.79 Å². The van der Waals surface area contributed by atoms with Gasteiger partial charge in [0.15, 0.2) is 0 Å². The first kappa shape index (κ1) is 12.6. The summed E-state index contributed by atoms with van der Waals surface area (Å²) in [6.07, 6.45) is 6.54. The van der Waals surface area contributed by atoms with Crippen molar-refractivity contribution in [1.82, 2.24) is 14.9 Å². The number of imidazole rings is 1. The monoisotopic (exact) mass is 257 g/mol. The molecule has 0 spiro atoms. The van der Waals surface area contributed by atoms with Gasteiger partial charge in [-0.1, -0.05) is 5.92 Å². The SMILES string of the molecule is C#CCNC(=O)Cn1cnc2cc(C(=O)O)ccc21. The first-order chi connectivity index (χ1) is 9.11. The summed E-state index contributed by atoms with van der Waals surface area (Å²) in [5.74, 6) is 1.08. The minimum absolute atomic E-state index is 0.0879. The molecule has 1 aromatic carbocycles. The Kier molecular flexibility index (Phi) is 3.48. The Balaban J connectivity index is 2.24. The number of terminal acetylenes is 1. The molecule has 1 aromatic heterocycles. The molecule has 1 amide bonds. The number of rotatable bonds is 4. The highest BCUT2D eigenvalue weighted by Crippen LogP contribution is 2.14. The second-order valence-corrected chi connectivity index (χ2v) is 3.86. The molecular weight excluding hydrogens is 246 g/mol. The fraction of sp³-hybridized carbons (Fsp3) is 0.154. The molecule has 19 heavy (non-hydrogen) atoms. The van der Waals surface area contributed by atoms with Crippen molar-refractivity contribution in [3.8, 4) is 12.3 Å². The van der Waals surface area contributed by atoms with Crippen molar-refractivity contribution in [2.45, 2.75) is 6.54 Å². The molecule has 0 aliphatic carbocycles. The maximum atomic E-state index is 11.5. The van der Waals surface area contributed by atoms with Gasteiger partial charge in [0.2, 0.25) is 5.91 Å². The number of aromatic carboxylic acids is 1. The Labute approximate surface area is 109 Å². The van der Waals surface area contributed by atoms with Crippen molar-refractivity contribution in [3.05, 3.63) is 30.1 Å². The summed E-state index contributed by atoms with van der Waals surface area (Å²) in [4.78, 5) is 26.4. The number of aromatic nitrogens is 2. The van der Waals surface area contributed by atoms with Crippen LogP contribution >= 0.6 is 0 Å². The van der Waals surface area contributed by atoms with E-state index in [2.05, 4.69) is 16.2 Å². The number of nitrogens with one attached hydrogen (secondary N) is 1. The third-order valence-electron chi connectivity index (χ3n) is 2.57. The van der Waals surface area contributed by atoms with Crippen molar-refractivity contribution in [2.24, 2.45) is 0 Å². The Morgan fingerprint density at radius 1 is 1.47 bits per heavy atom. The van der Waals surface area contributed by atoms with Crippen LogP contribution in [0.25, 0.3) is 11.0 Å². The van der Waals surface area contributed by atoms with Crippen LogP contribution in [0.4, 0.5) is 0 Å². The lowest BCUT2D eigenvalue weighted by Crippen LogP contribution is -2.27. The Hall–Kier alpha value is -2.81. The van der Waals surface area contributed by atoms with Gasteiger partial charge < -0.3 is 15.0 Å². The van der Waals surface area contributed by atoms with Gasteiger partial charge in [-0.25, -0.2) is 9.78 Å². The molecule has 2 aromatic rings. The van der Waals surface area contributed by atoms with Crippen LogP contribution in [-0.4, -0.2) is 33.1 Å². The summed E-state index contributed by atoms with van der Waals surface area (Å²) in [7, 11) is 0. The van der Waals surface area contributed by atoms with E-state index in [1.54, 1.807) is 10.6 Å². The average Bonchev–Trinajstić information content (AvgIpc) is 2.78. The molecule has 0 saturated carbocycles. The van der Waals surface area contributed by atoms with Crippen LogP contribution in [0.2, 0.25) is 0 Å². The summed E-state index contributed by atoms with van der Waals surface area (Å²) in [5.41, 5.74) is 1.39. The van der Waals surface area contributed by atoms with Crippen molar-refractivity contribution in [2.75, 3.05) is 6.54 Å². The molecule has 0 unspecified atom stereocenters. The second-order valence-electron chi connectivity index (χ2n) is 3.86. The van der Waals surface area contributed by atoms with Gasteiger partial charge in [0, 0.05) is 0 Å². The van der Waals surface area contributed by atoms with E-state index >= 15 is 0 Å². The molecule has 0 aliphatic rings. The number of carboxylic acid groups (broad SMARTS) is 1. The molecule has 2 rings (SSSR count). The molecule has 0 radical (unpaired) electrons. The number of hydrogen-bond donors (Lipinski definition) is 2. The van der Waals surface area contributed by atoms with E-state index in [4.69, 9.17) is 11.5 Å². The summed E-state index contributed by atoms with van der Waals surface area (Å²) in [5, 5.41) is 11.4. The van der Waals surface area contributed by atoms with Gasteiger partial charge in [-0.05, 0) is 18.2 Å². The molecule has 96 valence electrons. The van der Waals surface area contributed by atoms with Gasteiger partial charge in [0.05, 0.1) is 29.5 Å². The van der Waals surface area contributed by atoms with E-state index in [0.717, 1.165) is 0 Å². The van der Waals surface area contributed by atoms with Crippen molar-refractivity contribution < 1.29 is 14.7 Å². The Morgan fingerprint density at radius 3 is 2.95 bits per heavy atom. The molecule has 0 fully saturated rings. The van der Waals surface area contributed by atoms with Crippen molar-refractivity contribution >= 4 is 22.9 Å². The molecule has 0 saturated heterocycles. The van der Waals surface area contributed by atoms with Crippen LogP contribution in [-0.2, 0) is 11.3 Å². The second kappa shape index (κ2) is 5.23.